The highest BCUT2D eigenvalue weighted by molar-refractivity contribution is 5.84. The second kappa shape index (κ2) is 7.88. The van der Waals surface area contributed by atoms with Crippen LogP contribution in [0.2, 0.25) is 0 Å². The number of carbonyl (C=O) groups is 1. The Morgan fingerprint density at radius 3 is 2.67 bits per heavy atom. The maximum absolute atomic E-state index is 11.1. The number of hydrogen-bond donors (Lipinski definition) is 3. The molecular weight excluding hydrogens is 266 g/mol. The first-order valence-corrected chi connectivity index (χ1v) is 7.62. The van der Waals surface area contributed by atoms with Crippen molar-refractivity contribution in [3.05, 3.63) is 24.3 Å². The van der Waals surface area contributed by atoms with E-state index in [9.17, 15) is 4.79 Å². The van der Waals surface area contributed by atoms with E-state index in [-0.39, 0.29) is 0 Å². The molecule has 1 aliphatic rings. The molecule has 3 N–H and O–H groups in total. The molecule has 2 unspecified atom stereocenters. The smallest absolute Gasteiger partial charge is 0.411 e. The van der Waals surface area contributed by atoms with Crippen molar-refractivity contribution in [2.45, 2.75) is 44.7 Å². The molecule has 5 nitrogen and oxygen atoms in total. The second-order valence-corrected chi connectivity index (χ2v) is 5.62. The van der Waals surface area contributed by atoms with E-state index >= 15 is 0 Å². The number of methoxy groups -OCH3 is 1. The number of nitrogens with one attached hydrogen (secondary N) is 3. The number of ether oxygens (including phenoxy) is 1. The van der Waals surface area contributed by atoms with Crippen molar-refractivity contribution < 1.29 is 9.53 Å². The van der Waals surface area contributed by atoms with Crippen LogP contribution in [0.5, 0.6) is 0 Å². The van der Waals surface area contributed by atoms with E-state index in [0.717, 1.165) is 24.3 Å². The van der Waals surface area contributed by atoms with Gasteiger partial charge >= 0.3 is 6.09 Å². The van der Waals surface area contributed by atoms with Crippen LogP contribution >= 0.6 is 0 Å². The molecule has 0 aliphatic carbocycles. The van der Waals surface area contributed by atoms with E-state index in [1.54, 1.807) is 0 Å². The minimum absolute atomic E-state index is 0.417. The maximum atomic E-state index is 11.1. The molecule has 0 bridgehead atoms. The molecule has 1 aromatic rings. The molecule has 1 amide bonds. The Morgan fingerprint density at radius 2 is 2.05 bits per heavy atom. The summed E-state index contributed by atoms with van der Waals surface area (Å²) in [5, 5.41) is 9.71. The summed E-state index contributed by atoms with van der Waals surface area (Å²) in [6.07, 6.45) is 4.58. The summed E-state index contributed by atoms with van der Waals surface area (Å²) < 4.78 is 4.56. The molecule has 0 aromatic heterocycles. The molecular formula is C16H25N3O2. The SMILES string of the molecule is COC(=O)Nc1ccc(NC(C)CC2CCCCN2)cc1. The largest absolute Gasteiger partial charge is 0.453 e. The third-order valence-electron chi connectivity index (χ3n) is 3.78. The predicted molar refractivity (Wildman–Crippen MR) is 85.8 cm³/mol. The van der Waals surface area contributed by atoms with Crippen LogP contribution in [0.3, 0.4) is 0 Å². The van der Waals surface area contributed by atoms with Crippen molar-refractivity contribution in [1.29, 1.82) is 0 Å². The van der Waals surface area contributed by atoms with Crippen molar-refractivity contribution >= 4 is 17.5 Å². The summed E-state index contributed by atoms with van der Waals surface area (Å²) in [5.41, 5.74) is 1.79. The lowest BCUT2D eigenvalue weighted by Crippen LogP contribution is -2.37. The topological polar surface area (TPSA) is 62.4 Å². The number of benzene rings is 1. The van der Waals surface area contributed by atoms with Gasteiger partial charge in [-0.1, -0.05) is 6.42 Å². The zero-order valence-corrected chi connectivity index (χ0v) is 12.8. The van der Waals surface area contributed by atoms with Crippen LogP contribution < -0.4 is 16.0 Å². The Labute approximate surface area is 126 Å². The highest BCUT2D eigenvalue weighted by Crippen LogP contribution is 2.17. The molecule has 1 heterocycles. The zero-order valence-electron chi connectivity index (χ0n) is 12.8. The molecule has 2 rings (SSSR count). The molecule has 21 heavy (non-hydrogen) atoms. The van der Waals surface area contributed by atoms with Gasteiger partial charge in [0.25, 0.3) is 0 Å². The summed E-state index contributed by atoms with van der Waals surface area (Å²) in [5.74, 6) is 0. The molecule has 2 atom stereocenters. The summed E-state index contributed by atoms with van der Waals surface area (Å²) in [7, 11) is 1.35. The standard InChI is InChI=1S/C16H25N3O2/c1-12(11-15-5-3-4-10-17-15)18-13-6-8-14(9-7-13)19-16(20)21-2/h6-9,12,15,17-18H,3-5,10-11H2,1-2H3,(H,19,20). The Balaban J connectivity index is 1.80. The summed E-state index contributed by atoms with van der Waals surface area (Å²) >= 11 is 0. The van der Waals surface area contributed by atoms with Crippen molar-refractivity contribution in [1.82, 2.24) is 5.32 Å². The Morgan fingerprint density at radius 1 is 1.33 bits per heavy atom. The lowest BCUT2D eigenvalue weighted by Gasteiger charge is -2.27. The number of hydrogen-bond acceptors (Lipinski definition) is 4. The second-order valence-electron chi connectivity index (χ2n) is 5.62. The van der Waals surface area contributed by atoms with E-state index in [2.05, 4.69) is 27.6 Å². The van der Waals surface area contributed by atoms with E-state index < -0.39 is 6.09 Å². The third-order valence-corrected chi connectivity index (χ3v) is 3.78. The van der Waals surface area contributed by atoms with Crippen molar-refractivity contribution in [2.75, 3.05) is 24.3 Å². The monoisotopic (exact) mass is 291 g/mol. The van der Waals surface area contributed by atoms with Gasteiger partial charge in [0.2, 0.25) is 0 Å². The first kappa shape index (κ1) is 15.6. The predicted octanol–water partition coefficient (Wildman–Crippen LogP) is 3.20. The van der Waals surface area contributed by atoms with Gasteiger partial charge in [-0.15, -0.1) is 0 Å². The molecule has 1 aliphatic heterocycles. The average Bonchev–Trinajstić information content (AvgIpc) is 2.50. The van der Waals surface area contributed by atoms with Gasteiger partial charge in [-0.05, 0) is 57.0 Å². The Bertz CT molecular complexity index is 441. The normalized spacial score (nSPS) is 19.6. The highest BCUT2D eigenvalue weighted by atomic mass is 16.5. The maximum Gasteiger partial charge on any atom is 0.411 e. The number of rotatable bonds is 5. The van der Waals surface area contributed by atoms with Gasteiger partial charge in [-0.2, -0.15) is 0 Å². The first-order chi connectivity index (χ1) is 10.2. The zero-order chi connectivity index (χ0) is 15.1. The lowest BCUT2D eigenvalue weighted by molar-refractivity contribution is 0.187. The number of carbonyl (C=O) groups excluding carboxylic acids is 1. The average molecular weight is 291 g/mol. The molecule has 1 fully saturated rings. The molecule has 0 spiro atoms. The quantitative estimate of drug-likeness (QED) is 0.779. The molecule has 1 aromatic carbocycles. The fraction of sp³-hybridized carbons (Fsp3) is 0.562. The van der Waals surface area contributed by atoms with E-state index in [4.69, 9.17) is 0 Å². The first-order valence-electron chi connectivity index (χ1n) is 7.62. The summed E-state index contributed by atoms with van der Waals surface area (Å²) in [6, 6.07) is 8.71. The molecule has 1 saturated heterocycles. The van der Waals surface area contributed by atoms with E-state index in [0.29, 0.717) is 12.1 Å². The summed E-state index contributed by atoms with van der Waals surface area (Å²) in [6.45, 7) is 3.35. The lowest BCUT2D eigenvalue weighted by atomic mass is 9.98. The minimum Gasteiger partial charge on any atom is -0.453 e. The van der Waals surface area contributed by atoms with Crippen molar-refractivity contribution in [2.24, 2.45) is 0 Å². The van der Waals surface area contributed by atoms with Crippen LogP contribution in [0, 0.1) is 0 Å². The van der Waals surface area contributed by atoms with Gasteiger partial charge in [-0.3, -0.25) is 5.32 Å². The van der Waals surface area contributed by atoms with Gasteiger partial charge in [-0.25, -0.2) is 4.79 Å². The van der Waals surface area contributed by atoms with E-state index in [1.165, 1.54) is 26.4 Å². The van der Waals surface area contributed by atoms with Gasteiger partial charge in [0.1, 0.15) is 0 Å². The molecule has 5 heteroatoms. The van der Waals surface area contributed by atoms with Gasteiger partial charge in [0, 0.05) is 23.5 Å². The number of piperidine rings is 1. The molecule has 0 saturated carbocycles. The summed E-state index contributed by atoms with van der Waals surface area (Å²) in [4.78, 5) is 11.1. The Kier molecular flexibility index (Phi) is 5.87. The van der Waals surface area contributed by atoms with Crippen LogP contribution in [0.25, 0.3) is 0 Å². The number of amides is 1. The fourth-order valence-electron chi connectivity index (χ4n) is 2.71. The molecule has 0 radical (unpaired) electrons. The van der Waals surface area contributed by atoms with Crippen molar-refractivity contribution in [3.8, 4) is 0 Å². The van der Waals surface area contributed by atoms with Gasteiger partial charge in [0.05, 0.1) is 7.11 Å². The van der Waals surface area contributed by atoms with Crippen LogP contribution in [0.15, 0.2) is 24.3 Å². The van der Waals surface area contributed by atoms with Gasteiger partial charge < -0.3 is 15.4 Å². The fourth-order valence-corrected chi connectivity index (χ4v) is 2.71. The highest BCUT2D eigenvalue weighted by Gasteiger charge is 2.15. The Hall–Kier alpha value is -1.75. The number of anilines is 2. The van der Waals surface area contributed by atoms with Crippen LogP contribution in [0.1, 0.15) is 32.6 Å². The van der Waals surface area contributed by atoms with E-state index in [1.807, 2.05) is 24.3 Å². The third kappa shape index (κ3) is 5.27. The minimum atomic E-state index is -0.451. The van der Waals surface area contributed by atoms with Crippen LogP contribution in [-0.2, 0) is 4.74 Å². The van der Waals surface area contributed by atoms with Crippen LogP contribution in [-0.4, -0.2) is 31.8 Å². The molecule has 116 valence electrons. The van der Waals surface area contributed by atoms with Gasteiger partial charge in [0.15, 0.2) is 0 Å². The van der Waals surface area contributed by atoms with Crippen LogP contribution in [0.4, 0.5) is 16.2 Å². The van der Waals surface area contributed by atoms with Crippen molar-refractivity contribution in [3.63, 3.8) is 0 Å².